The fraction of sp³-hybridized carbons (Fsp3) is 0.368. The van der Waals surface area contributed by atoms with Crippen LogP contribution >= 0.6 is 0 Å². The molecular formula is C19H21N3. The zero-order chi connectivity index (χ0) is 15.7. The van der Waals surface area contributed by atoms with Crippen LogP contribution in [0.3, 0.4) is 0 Å². The molecule has 0 aliphatic heterocycles. The molecule has 3 nitrogen and oxygen atoms in total. The zero-order valence-electron chi connectivity index (χ0n) is 13.2. The lowest BCUT2D eigenvalue weighted by molar-refractivity contribution is 0.495. The molecule has 0 spiro atoms. The maximum absolute atomic E-state index is 9.56. The highest BCUT2D eigenvalue weighted by Gasteiger charge is 2.24. The SMILES string of the molecule is CCc1ccc(-c2c(C#N)c(N)nc3c2CC(C)CC3)cc1. The Morgan fingerprint density at radius 2 is 2.05 bits per heavy atom. The summed E-state index contributed by atoms with van der Waals surface area (Å²) in [6.45, 7) is 4.40. The van der Waals surface area contributed by atoms with Gasteiger partial charge in [0, 0.05) is 11.3 Å². The summed E-state index contributed by atoms with van der Waals surface area (Å²) in [5, 5.41) is 9.56. The minimum atomic E-state index is 0.366. The highest BCUT2D eigenvalue weighted by atomic mass is 14.9. The van der Waals surface area contributed by atoms with E-state index in [1.165, 1.54) is 11.1 Å². The molecule has 0 amide bonds. The molecule has 3 heteroatoms. The molecule has 2 N–H and O–H groups in total. The van der Waals surface area contributed by atoms with Gasteiger partial charge in [-0.2, -0.15) is 5.26 Å². The third-order valence-electron chi connectivity index (χ3n) is 4.60. The van der Waals surface area contributed by atoms with Gasteiger partial charge in [0.1, 0.15) is 17.5 Å². The molecule has 0 radical (unpaired) electrons. The summed E-state index contributed by atoms with van der Waals surface area (Å²) in [7, 11) is 0. The molecule has 1 atom stereocenters. The van der Waals surface area contributed by atoms with Crippen molar-refractivity contribution >= 4 is 5.82 Å². The van der Waals surface area contributed by atoms with E-state index in [0.717, 1.165) is 42.5 Å². The van der Waals surface area contributed by atoms with Gasteiger partial charge in [0.2, 0.25) is 0 Å². The summed E-state index contributed by atoms with van der Waals surface area (Å²) >= 11 is 0. The van der Waals surface area contributed by atoms with Crippen LogP contribution in [0.15, 0.2) is 24.3 Å². The number of nitrogens with zero attached hydrogens (tertiary/aromatic N) is 2. The Hall–Kier alpha value is -2.34. The van der Waals surface area contributed by atoms with Crippen LogP contribution in [0.1, 0.15) is 42.7 Å². The van der Waals surface area contributed by atoms with Gasteiger partial charge >= 0.3 is 0 Å². The van der Waals surface area contributed by atoms with E-state index in [1.54, 1.807) is 0 Å². The number of benzene rings is 1. The molecular weight excluding hydrogens is 270 g/mol. The number of nitriles is 1. The molecule has 0 bridgehead atoms. The molecule has 2 aromatic rings. The van der Waals surface area contributed by atoms with Crippen molar-refractivity contribution < 1.29 is 0 Å². The topological polar surface area (TPSA) is 62.7 Å². The molecule has 1 aliphatic rings. The number of aryl methyl sites for hydroxylation is 2. The third kappa shape index (κ3) is 2.46. The van der Waals surface area contributed by atoms with E-state index in [2.05, 4.69) is 49.2 Å². The van der Waals surface area contributed by atoms with Crippen LogP contribution in [0.5, 0.6) is 0 Å². The van der Waals surface area contributed by atoms with E-state index >= 15 is 0 Å². The number of hydrogen-bond acceptors (Lipinski definition) is 3. The average molecular weight is 291 g/mol. The molecule has 1 aliphatic carbocycles. The van der Waals surface area contributed by atoms with Crippen molar-refractivity contribution in [3.8, 4) is 17.2 Å². The fourth-order valence-electron chi connectivity index (χ4n) is 3.29. The maximum Gasteiger partial charge on any atom is 0.142 e. The average Bonchev–Trinajstić information content (AvgIpc) is 2.54. The first-order valence-corrected chi connectivity index (χ1v) is 7.94. The Kier molecular flexibility index (Phi) is 3.85. The van der Waals surface area contributed by atoms with Gasteiger partial charge < -0.3 is 5.73 Å². The van der Waals surface area contributed by atoms with Crippen molar-refractivity contribution in [3.05, 3.63) is 46.6 Å². The quantitative estimate of drug-likeness (QED) is 0.913. The standard InChI is InChI=1S/C19H21N3/c1-3-13-5-7-14(8-6-13)18-15-10-12(2)4-9-17(15)22-19(21)16(18)11-20/h5-8,12H,3-4,9-10H2,1-2H3,(H2,21,22). The first-order chi connectivity index (χ1) is 10.6. The lowest BCUT2D eigenvalue weighted by Crippen LogP contribution is -2.16. The Balaban J connectivity index is 2.23. The Labute approximate surface area is 131 Å². The van der Waals surface area contributed by atoms with Crippen molar-refractivity contribution in [2.45, 2.75) is 39.5 Å². The van der Waals surface area contributed by atoms with Crippen LogP contribution in [0, 0.1) is 17.2 Å². The molecule has 0 saturated heterocycles. The molecule has 22 heavy (non-hydrogen) atoms. The second-order valence-corrected chi connectivity index (χ2v) is 6.18. The smallest absolute Gasteiger partial charge is 0.142 e. The number of rotatable bonds is 2. The molecule has 1 unspecified atom stereocenters. The van der Waals surface area contributed by atoms with E-state index in [4.69, 9.17) is 5.73 Å². The van der Waals surface area contributed by atoms with Crippen molar-refractivity contribution in [1.82, 2.24) is 4.98 Å². The number of nitrogens with two attached hydrogens (primary N) is 1. The highest BCUT2D eigenvalue weighted by molar-refractivity contribution is 5.79. The van der Waals surface area contributed by atoms with Gasteiger partial charge in [-0.05, 0) is 48.3 Å². The molecule has 1 aromatic carbocycles. The van der Waals surface area contributed by atoms with Crippen LogP contribution < -0.4 is 5.73 Å². The number of pyridine rings is 1. The molecule has 1 aromatic heterocycles. The largest absolute Gasteiger partial charge is 0.383 e. The van der Waals surface area contributed by atoms with Crippen molar-refractivity contribution in [2.75, 3.05) is 5.73 Å². The monoisotopic (exact) mass is 291 g/mol. The summed E-state index contributed by atoms with van der Waals surface area (Å²) in [6.07, 6.45) is 4.08. The molecule has 1 heterocycles. The number of aromatic nitrogens is 1. The summed E-state index contributed by atoms with van der Waals surface area (Å²) in [6, 6.07) is 10.7. The number of nitrogen functional groups attached to an aromatic ring is 1. The van der Waals surface area contributed by atoms with Crippen LogP contribution in [0.2, 0.25) is 0 Å². The second kappa shape index (κ2) is 5.81. The minimum absolute atomic E-state index is 0.366. The highest BCUT2D eigenvalue weighted by Crippen LogP contribution is 2.37. The van der Waals surface area contributed by atoms with E-state index < -0.39 is 0 Å². The van der Waals surface area contributed by atoms with Crippen molar-refractivity contribution in [3.63, 3.8) is 0 Å². The van der Waals surface area contributed by atoms with Gasteiger partial charge in [0.05, 0.1) is 0 Å². The molecule has 112 valence electrons. The summed E-state index contributed by atoms with van der Waals surface area (Å²) in [4.78, 5) is 4.49. The van der Waals surface area contributed by atoms with Gasteiger partial charge in [0.25, 0.3) is 0 Å². The van der Waals surface area contributed by atoms with Gasteiger partial charge in [-0.25, -0.2) is 4.98 Å². The summed E-state index contributed by atoms with van der Waals surface area (Å²) < 4.78 is 0. The molecule has 0 saturated carbocycles. The van der Waals surface area contributed by atoms with Gasteiger partial charge in [-0.1, -0.05) is 38.1 Å². The van der Waals surface area contributed by atoms with Gasteiger partial charge in [0.15, 0.2) is 0 Å². The van der Waals surface area contributed by atoms with Crippen LogP contribution in [0.25, 0.3) is 11.1 Å². The van der Waals surface area contributed by atoms with Crippen LogP contribution in [-0.2, 0) is 19.3 Å². The Bertz CT molecular complexity index is 739. The predicted molar refractivity (Wildman–Crippen MR) is 89.4 cm³/mol. The minimum Gasteiger partial charge on any atom is -0.383 e. The number of hydrogen-bond donors (Lipinski definition) is 1. The Morgan fingerprint density at radius 1 is 1.32 bits per heavy atom. The third-order valence-corrected chi connectivity index (χ3v) is 4.60. The van der Waals surface area contributed by atoms with Gasteiger partial charge in [-0.3, -0.25) is 0 Å². The normalized spacial score (nSPS) is 16.9. The van der Waals surface area contributed by atoms with Crippen molar-refractivity contribution in [2.24, 2.45) is 5.92 Å². The number of anilines is 1. The lowest BCUT2D eigenvalue weighted by Gasteiger charge is -2.25. The fourth-order valence-corrected chi connectivity index (χ4v) is 3.29. The van der Waals surface area contributed by atoms with E-state index in [0.29, 0.717) is 17.3 Å². The molecule has 3 rings (SSSR count). The first-order valence-electron chi connectivity index (χ1n) is 7.94. The van der Waals surface area contributed by atoms with Gasteiger partial charge in [-0.15, -0.1) is 0 Å². The van der Waals surface area contributed by atoms with Crippen molar-refractivity contribution in [1.29, 1.82) is 5.26 Å². The Morgan fingerprint density at radius 3 is 2.68 bits per heavy atom. The predicted octanol–water partition coefficient (Wildman–Crippen LogP) is 3.89. The number of fused-ring (bicyclic) bond motifs is 1. The van der Waals surface area contributed by atoms with E-state index in [1.807, 2.05) is 0 Å². The second-order valence-electron chi connectivity index (χ2n) is 6.18. The van der Waals surface area contributed by atoms with E-state index in [-0.39, 0.29) is 0 Å². The maximum atomic E-state index is 9.56. The first kappa shape index (κ1) is 14.6. The van der Waals surface area contributed by atoms with E-state index in [9.17, 15) is 5.26 Å². The van der Waals surface area contributed by atoms with Crippen LogP contribution in [-0.4, -0.2) is 4.98 Å². The summed E-state index contributed by atoms with van der Waals surface area (Å²) in [5.74, 6) is 0.989. The lowest BCUT2D eigenvalue weighted by atomic mass is 9.82. The molecule has 0 fully saturated rings. The van der Waals surface area contributed by atoms with Crippen LogP contribution in [0.4, 0.5) is 5.82 Å². The summed E-state index contributed by atoms with van der Waals surface area (Å²) in [5.41, 5.74) is 12.2. The zero-order valence-corrected chi connectivity index (χ0v) is 13.2.